The van der Waals surface area contributed by atoms with E-state index in [0.717, 1.165) is 31.7 Å². The molecule has 1 aliphatic carbocycles. The maximum absolute atomic E-state index is 12.2. The Kier molecular flexibility index (Phi) is 7.64. The van der Waals surface area contributed by atoms with E-state index in [1.54, 1.807) is 11.1 Å². The van der Waals surface area contributed by atoms with E-state index in [1.807, 2.05) is 0 Å². The molecule has 0 bridgehead atoms. The second-order valence-corrected chi connectivity index (χ2v) is 9.59. The van der Waals surface area contributed by atoms with Gasteiger partial charge in [0.15, 0.2) is 0 Å². The molecule has 1 aliphatic heterocycles. The van der Waals surface area contributed by atoms with Gasteiger partial charge in [0.1, 0.15) is 12.4 Å². The van der Waals surface area contributed by atoms with Crippen molar-refractivity contribution in [2.45, 2.75) is 52.1 Å². The van der Waals surface area contributed by atoms with Crippen molar-refractivity contribution < 1.29 is 9.13 Å². The minimum Gasteiger partial charge on any atom is -0.492 e. The van der Waals surface area contributed by atoms with Gasteiger partial charge >= 0.3 is 0 Å². The molecular formula is C28H37FN2O. The fraction of sp³-hybridized carbons (Fsp3) is 0.500. The molecule has 0 spiro atoms. The van der Waals surface area contributed by atoms with E-state index < -0.39 is 0 Å². The summed E-state index contributed by atoms with van der Waals surface area (Å²) in [5.74, 6) is 1.52. The number of hydrogen-bond acceptors (Lipinski definition) is 3. The third kappa shape index (κ3) is 5.07. The van der Waals surface area contributed by atoms with Gasteiger partial charge < -0.3 is 10.1 Å². The van der Waals surface area contributed by atoms with Gasteiger partial charge in [-0.3, -0.25) is 9.29 Å². The molecule has 2 atom stereocenters. The average molecular weight is 437 g/mol. The summed E-state index contributed by atoms with van der Waals surface area (Å²) >= 11 is 0. The zero-order valence-electron chi connectivity index (χ0n) is 19.7. The minimum atomic E-state index is -0.272. The number of fused-ring (bicyclic) bond motifs is 2. The lowest BCUT2D eigenvalue weighted by Crippen LogP contribution is -2.42. The molecule has 0 aromatic heterocycles. The van der Waals surface area contributed by atoms with Gasteiger partial charge in [-0.2, -0.15) is 0 Å². The normalized spacial score (nSPS) is 20.5. The molecule has 2 aromatic carbocycles. The van der Waals surface area contributed by atoms with Crippen molar-refractivity contribution in [1.29, 1.82) is 0 Å². The minimum absolute atomic E-state index is 0.272. The van der Waals surface area contributed by atoms with Crippen LogP contribution in [0.2, 0.25) is 0 Å². The van der Waals surface area contributed by atoms with Gasteiger partial charge in [-0.25, -0.2) is 0 Å². The largest absolute Gasteiger partial charge is 0.492 e. The Balaban J connectivity index is 1.53. The summed E-state index contributed by atoms with van der Waals surface area (Å²) in [6.07, 6.45) is 2.75. The van der Waals surface area contributed by atoms with Gasteiger partial charge in [0.05, 0.1) is 12.7 Å². The van der Waals surface area contributed by atoms with E-state index in [1.165, 1.54) is 16.7 Å². The first-order valence-electron chi connectivity index (χ1n) is 12.1. The molecule has 32 heavy (non-hydrogen) atoms. The number of hydrogen-bond donors (Lipinski definition) is 1. The molecule has 0 saturated carbocycles. The van der Waals surface area contributed by atoms with Crippen LogP contribution >= 0.6 is 0 Å². The fourth-order valence-electron chi connectivity index (χ4n) is 5.23. The van der Waals surface area contributed by atoms with Crippen LogP contribution in [0, 0.1) is 5.92 Å². The molecule has 0 unspecified atom stereocenters. The molecule has 2 aromatic rings. The van der Waals surface area contributed by atoms with Crippen LogP contribution in [0.1, 0.15) is 56.3 Å². The van der Waals surface area contributed by atoms with Crippen molar-refractivity contribution in [3.8, 4) is 5.75 Å². The highest BCUT2D eigenvalue weighted by molar-refractivity contribution is 5.78. The third-order valence-electron chi connectivity index (χ3n) is 6.64. The molecule has 2 aliphatic rings. The van der Waals surface area contributed by atoms with E-state index in [2.05, 4.69) is 79.5 Å². The second-order valence-electron chi connectivity index (χ2n) is 9.59. The summed E-state index contributed by atoms with van der Waals surface area (Å²) in [5, 5.41) is 3.20. The Hall–Kier alpha value is -2.17. The Bertz CT molecular complexity index is 921. The van der Waals surface area contributed by atoms with E-state index in [-0.39, 0.29) is 6.67 Å². The third-order valence-corrected chi connectivity index (χ3v) is 6.64. The first kappa shape index (κ1) is 23.0. The summed E-state index contributed by atoms with van der Waals surface area (Å²) < 4.78 is 18.1. The van der Waals surface area contributed by atoms with E-state index in [9.17, 15) is 4.39 Å². The monoisotopic (exact) mass is 436 g/mol. The lowest BCUT2D eigenvalue weighted by atomic mass is 9.84. The topological polar surface area (TPSA) is 24.5 Å². The molecule has 4 heteroatoms. The van der Waals surface area contributed by atoms with Crippen LogP contribution in [-0.4, -0.2) is 43.9 Å². The van der Waals surface area contributed by atoms with Crippen LogP contribution in [0.4, 0.5) is 4.39 Å². The Labute approximate surface area is 192 Å². The number of nitrogens with one attached hydrogen (secondary N) is 1. The second kappa shape index (κ2) is 10.6. The highest BCUT2D eigenvalue weighted by Crippen LogP contribution is 2.48. The van der Waals surface area contributed by atoms with Crippen molar-refractivity contribution in [1.82, 2.24) is 10.2 Å². The summed E-state index contributed by atoms with van der Waals surface area (Å²) in [5.41, 5.74) is 7.43. The van der Waals surface area contributed by atoms with E-state index in [4.69, 9.17) is 4.74 Å². The Morgan fingerprint density at radius 1 is 1.09 bits per heavy atom. The van der Waals surface area contributed by atoms with Gasteiger partial charge in [-0.05, 0) is 78.6 Å². The number of rotatable bonds is 10. The maximum Gasteiger partial charge on any atom is 0.119 e. The van der Waals surface area contributed by atoms with Crippen LogP contribution in [-0.2, 0) is 6.42 Å². The maximum atomic E-state index is 12.2. The zero-order valence-corrected chi connectivity index (χ0v) is 19.7. The highest BCUT2D eigenvalue weighted by atomic mass is 19.1. The number of halogens is 1. The summed E-state index contributed by atoms with van der Waals surface area (Å²) in [6, 6.07) is 18.5. The molecule has 0 radical (unpaired) electrons. The van der Waals surface area contributed by atoms with Crippen molar-refractivity contribution in [3.63, 3.8) is 0 Å². The lowest BCUT2D eigenvalue weighted by Gasteiger charge is -2.43. The SMILES string of the molecule is CC(C)CN1[C@H](C)CC2=C(Cc3ccccc32)[C@H]1c1ccc(OCCNCCCF)cc1. The van der Waals surface area contributed by atoms with Crippen molar-refractivity contribution in [3.05, 3.63) is 70.8 Å². The number of ether oxygens (including phenoxy) is 1. The first-order valence-corrected chi connectivity index (χ1v) is 12.1. The smallest absolute Gasteiger partial charge is 0.119 e. The summed E-state index contributed by atoms with van der Waals surface area (Å²) in [7, 11) is 0. The predicted octanol–water partition coefficient (Wildman–Crippen LogP) is 5.82. The average Bonchev–Trinajstić information content (AvgIpc) is 3.15. The van der Waals surface area contributed by atoms with Gasteiger partial charge in [-0.15, -0.1) is 0 Å². The standard InChI is InChI=1S/C28H37FN2O/c1-20(2)19-31-21(3)17-26-25-8-5-4-7-23(25)18-27(26)28(31)22-9-11-24(12-10-22)32-16-15-30-14-6-13-29/h4-5,7-12,20-21,28,30H,6,13-19H2,1-3H3/t21-,28-/m1/s1. The quantitative estimate of drug-likeness (QED) is 0.475. The molecule has 0 saturated heterocycles. The predicted molar refractivity (Wildman–Crippen MR) is 131 cm³/mol. The van der Waals surface area contributed by atoms with Crippen molar-refractivity contribution >= 4 is 5.57 Å². The molecule has 3 nitrogen and oxygen atoms in total. The molecule has 4 rings (SSSR count). The number of alkyl halides is 1. The highest BCUT2D eigenvalue weighted by Gasteiger charge is 2.38. The van der Waals surface area contributed by atoms with Gasteiger partial charge in [0.2, 0.25) is 0 Å². The van der Waals surface area contributed by atoms with Gasteiger partial charge in [-0.1, -0.05) is 50.2 Å². The molecule has 1 heterocycles. The first-order chi connectivity index (χ1) is 15.6. The van der Waals surface area contributed by atoms with Crippen LogP contribution in [0.15, 0.2) is 54.1 Å². The van der Waals surface area contributed by atoms with Gasteiger partial charge in [0.25, 0.3) is 0 Å². The fourth-order valence-corrected chi connectivity index (χ4v) is 5.23. The van der Waals surface area contributed by atoms with Gasteiger partial charge in [0, 0.05) is 19.1 Å². The number of benzene rings is 2. The van der Waals surface area contributed by atoms with Crippen molar-refractivity contribution in [2.24, 2.45) is 5.92 Å². The Morgan fingerprint density at radius 3 is 2.62 bits per heavy atom. The van der Waals surface area contributed by atoms with Crippen LogP contribution in [0.3, 0.4) is 0 Å². The van der Waals surface area contributed by atoms with Crippen molar-refractivity contribution in [2.75, 3.05) is 32.9 Å². The van der Waals surface area contributed by atoms with Crippen LogP contribution in [0.5, 0.6) is 5.75 Å². The van der Waals surface area contributed by atoms with Crippen LogP contribution in [0.25, 0.3) is 5.57 Å². The lowest BCUT2D eigenvalue weighted by molar-refractivity contribution is 0.137. The molecule has 0 fully saturated rings. The van der Waals surface area contributed by atoms with E-state index in [0.29, 0.717) is 37.6 Å². The molecule has 1 N–H and O–H groups in total. The van der Waals surface area contributed by atoms with E-state index >= 15 is 0 Å². The zero-order chi connectivity index (χ0) is 22.5. The molecular weight excluding hydrogens is 399 g/mol. The Morgan fingerprint density at radius 2 is 1.88 bits per heavy atom. The summed E-state index contributed by atoms with van der Waals surface area (Å²) in [4.78, 5) is 2.71. The molecule has 172 valence electrons. The number of nitrogens with zero attached hydrogens (tertiary/aromatic N) is 1. The summed E-state index contributed by atoms with van der Waals surface area (Å²) in [6.45, 7) is 9.87. The van der Waals surface area contributed by atoms with Crippen LogP contribution < -0.4 is 10.1 Å². The molecule has 0 amide bonds.